The highest BCUT2D eigenvalue weighted by Crippen LogP contribution is 2.38. The Balaban J connectivity index is 1.48. The molecule has 1 amide bonds. The van der Waals surface area contributed by atoms with Crippen molar-refractivity contribution in [2.45, 2.75) is 39.0 Å². The Labute approximate surface area is 152 Å². The van der Waals surface area contributed by atoms with Gasteiger partial charge in [-0.15, -0.1) is 0 Å². The second kappa shape index (κ2) is 6.52. The molecule has 4 rings (SSSR count). The van der Waals surface area contributed by atoms with Crippen molar-refractivity contribution in [3.63, 3.8) is 0 Å². The van der Waals surface area contributed by atoms with Crippen LogP contribution in [0, 0.1) is 13.8 Å². The van der Waals surface area contributed by atoms with Gasteiger partial charge in [0, 0.05) is 31.3 Å². The first-order valence-electron chi connectivity index (χ1n) is 8.97. The molecular formula is C20H22N4O2. The third-order valence-electron chi connectivity index (χ3n) is 4.82. The van der Waals surface area contributed by atoms with Crippen molar-refractivity contribution in [1.82, 2.24) is 20.0 Å². The quantitative estimate of drug-likeness (QED) is 0.705. The summed E-state index contributed by atoms with van der Waals surface area (Å²) in [5, 5.41) is 5.00. The smallest absolute Gasteiger partial charge is 0.255 e. The number of aromatic nitrogens is 3. The van der Waals surface area contributed by atoms with Crippen molar-refractivity contribution >= 4 is 16.8 Å². The van der Waals surface area contributed by atoms with Gasteiger partial charge < -0.3 is 9.42 Å². The number of fused-ring (bicyclic) bond motifs is 1. The molecule has 1 saturated carbocycles. The molecule has 0 aliphatic heterocycles. The first-order valence-corrected chi connectivity index (χ1v) is 8.97. The first-order chi connectivity index (χ1) is 12.5. The Kier molecular flexibility index (Phi) is 4.18. The number of hydrogen-bond donors (Lipinski definition) is 0. The maximum absolute atomic E-state index is 12.9. The van der Waals surface area contributed by atoms with E-state index in [-0.39, 0.29) is 5.91 Å². The highest BCUT2D eigenvalue weighted by Gasteiger charge is 2.29. The SMILES string of the molecule is Cc1ccc2nc(C)c(C(=O)N(C)CCc3noc(C4CC4)n3)cc2c1. The average molecular weight is 350 g/mol. The average Bonchev–Trinajstić information content (AvgIpc) is 3.37. The molecule has 3 aromatic rings. The summed E-state index contributed by atoms with van der Waals surface area (Å²) in [6.45, 7) is 4.45. The van der Waals surface area contributed by atoms with Gasteiger partial charge in [-0.3, -0.25) is 9.78 Å². The number of hydrogen-bond acceptors (Lipinski definition) is 5. The largest absolute Gasteiger partial charge is 0.341 e. The molecular weight excluding hydrogens is 328 g/mol. The van der Waals surface area contributed by atoms with E-state index in [0.717, 1.165) is 40.9 Å². The standard InChI is InChI=1S/C20H22N4O2/c1-12-4-7-17-15(10-12)11-16(13(2)21-17)20(25)24(3)9-8-18-22-19(26-23-18)14-5-6-14/h4,7,10-11,14H,5-6,8-9H2,1-3H3. The van der Waals surface area contributed by atoms with E-state index < -0.39 is 0 Å². The number of amides is 1. The number of aryl methyl sites for hydroxylation is 2. The van der Waals surface area contributed by atoms with E-state index in [1.807, 2.05) is 32.0 Å². The number of carbonyl (C=O) groups is 1. The highest BCUT2D eigenvalue weighted by molar-refractivity contribution is 5.98. The van der Waals surface area contributed by atoms with Crippen LogP contribution in [0.15, 0.2) is 28.8 Å². The summed E-state index contributed by atoms with van der Waals surface area (Å²) in [5.74, 6) is 1.81. The molecule has 0 radical (unpaired) electrons. The summed E-state index contributed by atoms with van der Waals surface area (Å²) in [6, 6.07) is 8.01. The van der Waals surface area contributed by atoms with Crippen LogP contribution < -0.4 is 0 Å². The second-order valence-electron chi connectivity index (χ2n) is 7.12. The van der Waals surface area contributed by atoms with Crippen LogP contribution in [0.25, 0.3) is 10.9 Å². The molecule has 1 aliphatic rings. The van der Waals surface area contributed by atoms with Crippen molar-refractivity contribution in [2.24, 2.45) is 0 Å². The Morgan fingerprint density at radius 1 is 1.23 bits per heavy atom. The van der Waals surface area contributed by atoms with Crippen LogP contribution in [0.5, 0.6) is 0 Å². The number of pyridine rings is 1. The molecule has 0 atom stereocenters. The maximum Gasteiger partial charge on any atom is 0.255 e. The summed E-state index contributed by atoms with van der Waals surface area (Å²) >= 11 is 0. The molecule has 2 heterocycles. The van der Waals surface area contributed by atoms with Gasteiger partial charge >= 0.3 is 0 Å². The van der Waals surface area contributed by atoms with Gasteiger partial charge in [0.25, 0.3) is 5.91 Å². The lowest BCUT2D eigenvalue weighted by atomic mass is 10.1. The van der Waals surface area contributed by atoms with Crippen LogP contribution in [0.3, 0.4) is 0 Å². The molecule has 134 valence electrons. The lowest BCUT2D eigenvalue weighted by Crippen LogP contribution is -2.29. The molecule has 0 bridgehead atoms. The van der Waals surface area contributed by atoms with E-state index in [2.05, 4.69) is 21.2 Å². The highest BCUT2D eigenvalue weighted by atomic mass is 16.5. The van der Waals surface area contributed by atoms with Crippen LogP contribution in [-0.4, -0.2) is 39.5 Å². The molecule has 6 heteroatoms. The number of carbonyl (C=O) groups excluding carboxylic acids is 1. The van der Waals surface area contributed by atoms with Gasteiger partial charge in [0.05, 0.1) is 16.8 Å². The molecule has 6 nitrogen and oxygen atoms in total. The van der Waals surface area contributed by atoms with Crippen molar-refractivity contribution < 1.29 is 9.32 Å². The molecule has 26 heavy (non-hydrogen) atoms. The molecule has 0 unspecified atom stereocenters. The minimum atomic E-state index is -0.0377. The van der Waals surface area contributed by atoms with E-state index in [1.165, 1.54) is 0 Å². The molecule has 2 aromatic heterocycles. The van der Waals surface area contributed by atoms with E-state index in [0.29, 0.717) is 30.3 Å². The predicted octanol–water partition coefficient (Wildman–Crippen LogP) is 3.43. The van der Waals surface area contributed by atoms with E-state index in [9.17, 15) is 4.79 Å². The van der Waals surface area contributed by atoms with Crippen LogP contribution in [0.1, 0.15) is 52.1 Å². The third kappa shape index (κ3) is 3.31. The fraction of sp³-hybridized carbons (Fsp3) is 0.400. The third-order valence-corrected chi connectivity index (χ3v) is 4.82. The summed E-state index contributed by atoms with van der Waals surface area (Å²) in [7, 11) is 1.80. The Morgan fingerprint density at radius 3 is 2.81 bits per heavy atom. The zero-order chi connectivity index (χ0) is 18.3. The van der Waals surface area contributed by atoms with E-state index in [1.54, 1.807) is 11.9 Å². The number of nitrogens with zero attached hydrogens (tertiary/aromatic N) is 4. The van der Waals surface area contributed by atoms with Crippen molar-refractivity contribution in [3.8, 4) is 0 Å². The van der Waals surface area contributed by atoms with Crippen molar-refractivity contribution in [3.05, 3.63) is 52.8 Å². The summed E-state index contributed by atoms with van der Waals surface area (Å²) in [5.41, 5.74) is 3.44. The van der Waals surface area contributed by atoms with E-state index in [4.69, 9.17) is 4.52 Å². The number of benzene rings is 1. The van der Waals surface area contributed by atoms with Crippen LogP contribution in [0.4, 0.5) is 0 Å². The predicted molar refractivity (Wildman–Crippen MR) is 98.2 cm³/mol. The van der Waals surface area contributed by atoms with Crippen LogP contribution >= 0.6 is 0 Å². The Hall–Kier alpha value is -2.76. The molecule has 1 aliphatic carbocycles. The zero-order valence-electron chi connectivity index (χ0n) is 15.3. The summed E-state index contributed by atoms with van der Waals surface area (Å²) in [6.07, 6.45) is 2.85. The topological polar surface area (TPSA) is 72.1 Å². The summed E-state index contributed by atoms with van der Waals surface area (Å²) < 4.78 is 5.27. The first kappa shape index (κ1) is 16.7. The lowest BCUT2D eigenvalue weighted by Gasteiger charge is -2.17. The molecule has 1 fully saturated rings. The number of likely N-dealkylation sites (N-methyl/N-ethyl adjacent to an activating group) is 1. The summed E-state index contributed by atoms with van der Waals surface area (Å²) in [4.78, 5) is 23.6. The van der Waals surface area contributed by atoms with Gasteiger partial charge in [-0.1, -0.05) is 16.8 Å². The van der Waals surface area contributed by atoms with Gasteiger partial charge in [-0.25, -0.2) is 0 Å². The minimum absolute atomic E-state index is 0.0377. The number of rotatable bonds is 5. The Morgan fingerprint density at radius 2 is 2.04 bits per heavy atom. The fourth-order valence-electron chi connectivity index (χ4n) is 3.05. The normalized spacial score (nSPS) is 14.0. The van der Waals surface area contributed by atoms with Gasteiger partial charge in [0.1, 0.15) is 0 Å². The molecule has 0 N–H and O–H groups in total. The molecule has 0 spiro atoms. The second-order valence-corrected chi connectivity index (χ2v) is 7.12. The van der Waals surface area contributed by atoms with Gasteiger partial charge in [-0.2, -0.15) is 4.98 Å². The van der Waals surface area contributed by atoms with Crippen LogP contribution in [0.2, 0.25) is 0 Å². The van der Waals surface area contributed by atoms with Gasteiger partial charge in [-0.05, 0) is 44.9 Å². The van der Waals surface area contributed by atoms with Crippen molar-refractivity contribution in [2.75, 3.05) is 13.6 Å². The zero-order valence-corrected chi connectivity index (χ0v) is 15.3. The Bertz CT molecular complexity index is 975. The molecule has 1 aromatic carbocycles. The van der Waals surface area contributed by atoms with Gasteiger partial charge in [0.2, 0.25) is 5.89 Å². The minimum Gasteiger partial charge on any atom is -0.341 e. The molecule has 0 saturated heterocycles. The van der Waals surface area contributed by atoms with E-state index >= 15 is 0 Å². The fourth-order valence-corrected chi connectivity index (χ4v) is 3.05. The lowest BCUT2D eigenvalue weighted by molar-refractivity contribution is 0.0795. The van der Waals surface area contributed by atoms with Crippen LogP contribution in [-0.2, 0) is 6.42 Å². The maximum atomic E-state index is 12.9. The van der Waals surface area contributed by atoms with Crippen molar-refractivity contribution in [1.29, 1.82) is 0 Å². The monoisotopic (exact) mass is 350 g/mol. The van der Waals surface area contributed by atoms with Gasteiger partial charge in [0.15, 0.2) is 5.82 Å².